The average molecular weight is 346 g/mol. The average Bonchev–Trinajstić information content (AvgIpc) is 2.59. The molecule has 0 spiro atoms. The van der Waals surface area contributed by atoms with E-state index in [1.165, 1.54) is 42.5 Å². The first-order valence-corrected chi connectivity index (χ1v) is 7.28. The quantitative estimate of drug-likeness (QED) is 0.642. The topological polar surface area (TPSA) is 68.8 Å². The summed E-state index contributed by atoms with van der Waals surface area (Å²) in [6.07, 6.45) is -1.35. The maximum Gasteiger partial charge on any atom is 0.416 e. The van der Waals surface area contributed by atoms with Gasteiger partial charge in [-0.3, -0.25) is 10.2 Å². The number of carbonyl (C=O) groups is 1. The van der Waals surface area contributed by atoms with Crippen molar-refractivity contribution in [2.45, 2.75) is 19.1 Å². The molecule has 5 nitrogen and oxygen atoms in total. The lowest BCUT2D eigenvalue weighted by Gasteiger charge is -2.17. The van der Waals surface area contributed by atoms with Gasteiger partial charge < -0.3 is 4.48 Å². The lowest BCUT2D eigenvalue weighted by atomic mass is 9.98. The molecule has 1 heterocycles. The van der Waals surface area contributed by atoms with Crippen molar-refractivity contribution in [2.24, 2.45) is 0 Å². The Bertz CT molecular complexity index is 787. The number of hydrogen-bond acceptors (Lipinski definition) is 3. The third-order valence-corrected chi connectivity index (χ3v) is 3.44. The molecule has 1 amide bonds. The fraction of sp³-hybridized carbons (Fsp3) is 0.188. The SMILES string of the molecule is CC(NNC(=O)c1cc[n+]([B-]C#N)cc1)c1cccc(C(F)(F)F)c1. The van der Waals surface area contributed by atoms with Crippen LogP contribution in [-0.2, 0) is 6.18 Å². The fourth-order valence-corrected chi connectivity index (χ4v) is 2.06. The number of pyridine rings is 1. The predicted molar refractivity (Wildman–Crippen MR) is 83.9 cm³/mol. The standard InChI is InChI=1S/C16H13BF3N4O/c1-11(13-3-2-4-14(9-13)16(18,19)20)22-23-15(25)12-5-7-24(8-6-12)17-10-21/h2-9,11,22H,1H3/q-1/p+1. The van der Waals surface area contributed by atoms with Crippen molar-refractivity contribution in [3.8, 4) is 5.97 Å². The number of hydrogen-bond donors (Lipinski definition) is 2. The minimum absolute atomic E-state index is 0.339. The summed E-state index contributed by atoms with van der Waals surface area (Å²) in [7, 11) is 1.26. The van der Waals surface area contributed by atoms with E-state index in [0.717, 1.165) is 12.1 Å². The zero-order valence-corrected chi connectivity index (χ0v) is 13.2. The number of benzene rings is 1. The van der Waals surface area contributed by atoms with Gasteiger partial charge in [-0.05, 0) is 24.6 Å². The third kappa shape index (κ3) is 5.06. The van der Waals surface area contributed by atoms with E-state index in [4.69, 9.17) is 5.26 Å². The highest BCUT2D eigenvalue weighted by atomic mass is 19.4. The highest BCUT2D eigenvalue weighted by Gasteiger charge is 2.30. The molecule has 25 heavy (non-hydrogen) atoms. The van der Waals surface area contributed by atoms with Gasteiger partial charge in [-0.1, -0.05) is 12.1 Å². The van der Waals surface area contributed by atoms with E-state index in [1.54, 1.807) is 13.0 Å². The van der Waals surface area contributed by atoms with Gasteiger partial charge in [0.25, 0.3) is 5.91 Å². The Balaban J connectivity index is 1.98. The Labute approximate surface area is 143 Å². The van der Waals surface area contributed by atoms with Crippen LogP contribution < -0.4 is 15.3 Å². The zero-order chi connectivity index (χ0) is 18.4. The van der Waals surface area contributed by atoms with E-state index in [2.05, 4.69) is 10.9 Å². The molecule has 0 bridgehead atoms. The maximum atomic E-state index is 12.7. The molecule has 2 N–H and O–H groups in total. The highest BCUT2D eigenvalue weighted by Crippen LogP contribution is 2.30. The first kappa shape index (κ1) is 18.5. The van der Waals surface area contributed by atoms with Gasteiger partial charge in [-0.25, -0.2) is 10.7 Å². The van der Waals surface area contributed by atoms with E-state index in [0.29, 0.717) is 11.1 Å². The number of carbonyl (C=O) groups excluding carboxylic acids is 1. The van der Waals surface area contributed by atoms with Gasteiger partial charge in [-0.15, -0.1) is 5.97 Å². The van der Waals surface area contributed by atoms with Crippen LogP contribution in [0.3, 0.4) is 0 Å². The van der Waals surface area contributed by atoms with Crippen molar-refractivity contribution in [2.75, 3.05) is 0 Å². The monoisotopic (exact) mass is 346 g/mol. The van der Waals surface area contributed by atoms with Crippen molar-refractivity contribution in [3.05, 3.63) is 65.5 Å². The molecule has 2 rings (SSSR count). The van der Waals surface area contributed by atoms with Crippen molar-refractivity contribution >= 4 is 13.3 Å². The first-order valence-electron chi connectivity index (χ1n) is 7.28. The van der Waals surface area contributed by atoms with Crippen LogP contribution in [0.4, 0.5) is 13.2 Å². The number of alkyl halides is 3. The van der Waals surface area contributed by atoms with Crippen LogP contribution >= 0.6 is 0 Å². The van der Waals surface area contributed by atoms with E-state index >= 15 is 0 Å². The van der Waals surface area contributed by atoms with Crippen LogP contribution in [0.5, 0.6) is 0 Å². The number of nitrogens with one attached hydrogen (secondary N) is 2. The van der Waals surface area contributed by atoms with E-state index in [9.17, 15) is 18.0 Å². The molecule has 1 atom stereocenters. The second-order valence-electron chi connectivity index (χ2n) is 5.24. The molecule has 0 fully saturated rings. The molecule has 9 heteroatoms. The smallest absolute Gasteiger partial charge is 0.416 e. The summed E-state index contributed by atoms with van der Waals surface area (Å²) in [5.74, 6) is 1.41. The molecule has 0 saturated carbocycles. The van der Waals surface area contributed by atoms with E-state index in [1.807, 2.05) is 5.97 Å². The lowest BCUT2D eigenvalue weighted by molar-refractivity contribution is -0.527. The number of amides is 1. The Hall–Kier alpha value is -2.86. The summed E-state index contributed by atoms with van der Waals surface area (Å²) in [6, 6.07) is 7.40. The Kier molecular flexibility index (Phi) is 5.77. The number of halogens is 3. The molecule has 0 saturated heterocycles. The van der Waals surface area contributed by atoms with Crippen LogP contribution in [0.25, 0.3) is 0 Å². The zero-order valence-electron chi connectivity index (χ0n) is 13.2. The van der Waals surface area contributed by atoms with Crippen LogP contribution in [0.2, 0.25) is 0 Å². The van der Waals surface area contributed by atoms with Crippen LogP contribution in [-0.4, -0.2) is 13.3 Å². The maximum absolute atomic E-state index is 12.7. The number of hydrazine groups is 1. The Morgan fingerprint density at radius 3 is 2.56 bits per heavy atom. The van der Waals surface area contributed by atoms with Crippen LogP contribution in [0.15, 0.2) is 48.8 Å². The lowest BCUT2D eigenvalue weighted by Crippen LogP contribution is -2.41. The molecule has 0 aliphatic carbocycles. The highest BCUT2D eigenvalue weighted by molar-refractivity contribution is 6.35. The molecule has 1 aromatic carbocycles. The van der Waals surface area contributed by atoms with Gasteiger partial charge in [0.1, 0.15) is 12.4 Å². The van der Waals surface area contributed by atoms with Gasteiger partial charge in [0.2, 0.25) is 7.41 Å². The fourth-order valence-electron chi connectivity index (χ4n) is 2.06. The van der Waals surface area contributed by atoms with Gasteiger partial charge in [0.05, 0.1) is 11.1 Å². The number of aromatic nitrogens is 1. The third-order valence-electron chi connectivity index (χ3n) is 3.44. The normalized spacial score (nSPS) is 12.3. The minimum atomic E-state index is -4.42. The van der Waals surface area contributed by atoms with Crippen molar-refractivity contribution in [3.63, 3.8) is 0 Å². The molecule has 1 aromatic heterocycles. The molecular weight excluding hydrogens is 332 g/mol. The van der Waals surface area contributed by atoms with Gasteiger partial charge in [0, 0.05) is 18.2 Å². The minimum Gasteiger partial charge on any atom is -0.461 e. The molecule has 2 aromatic rings. The van der Waals surface area contributed by atoms with Crippen LogP contribution in [0.1, 0.15) is 34.5 Å². The van der Waals surface area contributed by atoms with E-state index < -0.39 is 23.7 Å². The summed E-state index contributed by atoms with van der Waals surface area (Å²) in [5, 5.41) is 8.54. The van der Waals surface area contributed by atoms with Crippen molar-refractivity contribution in [1.82, 2.24) is 10.9 Å². The second-order valence-corrected chi connectivity index (χ2v) is 5.24. The Morgan fingerprint density at radius 1 is 1.28 bits per heavy atom. The molecule has 1 unspecified atom stereocenters. The number of rotatable bonds is 5. The first-order chi connectivity index (χ1) is 11.8. The summed E-state index contributed by atoms with van der Waals surface area (Å²) in [5.41, 5.74) is 5.12. The van der Waals surface area contributed by atoms with Crippen molar-refractivity contribution in [1.29, 1.82) is 5.26 Å². The van der Waals surface area contributed by atoms with Crippen molar-refractivity contribution < 1.29 is 22.4 Å². The summed E-state index contributed by atoms with van der Waals surface area (Å²) < 4.78 is 39.7. The predicted octanol–water partition coefficient (Wildman–Crippen LogP) is 1.94. The van der Waals surface area contributed by atoms with Crippen LogP contribution in [0, 0.1) is 11.2 Å². The summed E-state index contributed by atoms with van der Waals surface area (Å²) in [4.78, 5) is 12.0. The molecule has 0 aliphatic heterocycles. The molecular formula is C16H14BF3N4O. The van der Waals surface area contributed by atoms with E-state index in [-0.39, 0.29) is 0 Å². The Morgan fingerprint density at radius 2 is 1.96 bits per heavy atom. The van der Waals surface area contributed by atoms with Gasteiger partial charge >= 0.3 is 6.18 Å². The molecule has 128 valence electrons. The van der Waals surface area contributed by atoms with Gasteiger partial charge in [0.15, 0.2) is 0 Å². The van der Waals surface area contributed by atoms with Gasteiger partial charge in [-0.2, -0.15) is 13.2 Å². The largest absolute Gasteiger partial charge is 0.461 e. The number of nitrogens with zero attached hydrogens (tertiary/aromatic N) is 2. The second kappa shape index (κ2) is 7.81. The summed E-state index contributed by atoms with van der Waals surface area (Å²) >= 11 is 0. The molecule has 2 radical (unpaired) electrons. The summed E-state index contributed by atoms with van der Waals surface area (Å²) in [6.45, 7) is 1.64. The number of nitriles is 1. The molecule has 0 aliphatic rings.